The Morgan fingerprint density at radius 1 is 1.41 bits per heavy atom. The Morgan fingerprint density at radius 2 is 2.24 bits per heavy atom. The molecule has 4 nitrogen and oxygen atoms in total. The summed E-state index contributed by atoms with van der Waals surface area (Å²) in [6, 6.07) is 7.28. The van der Waals surface area contributed by atoms with Crippen LogP contribution in [-0.4, -0.2) is 5.16 Å². The molecule has 0 unspecified atom stereocenters. The second-order valence-corrected chi connectivity index (χ2v) is 4.10. The fourth-order valence-electron chi connectivity index (χ4n) is 1.38. The zero-order valence-corrected chi connectivity index (χ0v) is 10.2. The molecule has 2 aromatic rings. The molecule has 17 heavy (non-hydrogen) atoms. The molecule has 0 aliphatic heterocycles. The summed E-state index contributed by atoms with van der Waals surface area (Å²) >= 11 is 5.92. The fraction of sp³-hybridized carbons (Fsp3) is 0.250. The molecule has 0 saturated heterocycles. The summed E-state index contributed by atoms with van der Waals surface area (Å²) in [7, 11) is 0. The van der Waals surface area contributed by atoms with Gasteiger partial charge in [0.1, 0.15) is 12.4 Å². The normalized spacial score (nSPS) is 10.5. The van der Waals surface area contributed by atoms with E-state index in [1.807, 2.05) is 19.1 Å². The van der Waals surface area contributed by atoms with E-state index in [1.165, 1.54) is 0 Å². The molecule has 1 aromatic carbocycles. The van der Waals surface area contributed by atoms with Crippen molar-refractivity contribution in [2.24, 2.45) is 5.73 Å². The maximum absolute atomic E-state index is 5.92. The van der Waals surface area contributed by atoms with Gasteiger partial charge < -0.3 is 15.0 Å². The van der Waals surface area contributed by atoms with E-state index in [0.717, 1.165) is 22.0 Å². The van der Waals surface area contributed by atoms with E-state index in [1.54, 1.807) is 12.1 Å². The first kappa shape index (κ1) is 12.0. The van der Waals surface area contributed by atoms with Crippen molar-refractivity contribution in [1.82, 2.24) is 5.16 Å². The quantitative estimate of drug-likeness (QED) is 0.909. The summed E-state index contributed by atoms with van der Waals surface area (Å²) in [6.45, 7) is 2.62. The molecule has 0 radical (unpaired) electrons. The van der Waals surface area contributed by atoms with Crippen molar-refractivity contribution in [1.29, 1.82) is 0 Å². The Morgan fingerprint density at radius 3 is 2.88 bits per heavy atom. The molecule has 0 spiro atoms. The summed E-state index contributed by atoms with van der Waals surface area (Å²) < 4.78 is 10.6. The monoisotopic (exact) mass is 252 g/mol. The molecular weight excluding hydrogens is 240 g/mol. The second kappa shape index (κ2) is 5.21. The number of nitrogens with two attached hydrogens (primary N) is 1. The van der Waals surface area contributed by atoms with E-state index < -0.39 is 0 Å². The summed E-state index contributed by atoms with van der Waals surface area (Å²) in [5, 5.41) is 4.50. The number of hydrogen-bond donors (Lipinski definition) is 1. The van der Waals surface area contributed by atoms with Gasteiger partial charge in [-0.1, -0.05) is 16.8 Å². The minimum Gasteiger partial charge on any atom is -0.486 e. The zero-order chi connectivity index (χ0) is 12.3. The Kier molecular flexibility index (Phi) is 3.66. The van der Waals surface area contributed by atoms with E-state index in [2.05, 4.69) is 5.16 Å². The van der Waals surface area contributed by atoms with Gasteiger partial charge in [-0.2, -0.15) is 0 Å². The predicted molar refractivity (Wildman–Crippen MR) is 64.9 cm³/mol. The second-order valence-electron chi connectivity index (χ2n) is 3.69. The lowest BCUT2D eigenvalue weighted by Gasteiger charge is -2.05. The maximum Gasteiger partial charge on any atom is 0.174 e. The van der Waals surface area contributed by atoms with E-state index in [0.29, 0.717) is 18.9 Å². The van der Waals surface area contributed by atoms with Crippen LogP contribution in [0.3, 0.4) is 0 Å². The standard InChI is InChI=1S/C12H13ClN2O2/c1-8-4-10(2-3-12(8)13)16-7-11-5-9(6-14)15-17-11/h2-5H,6-7,14H2,1H3. The van der Waals surface area contributed by atoms with Gasteiger partial charge in [-0.3, -0.25) is 0 Å². The van der Waals surface area contributed by atoms with E-state index in [9.17, 15) is 0 Å². The van der Waals surface area contributed by atoms with Gasteiger partial charge in [-0.25, -0.2) is 0 Å². The lowest BCUT2D eigenvalue weighted by molar-refractivity contribution is 0.248. The first-order valence-corrected chi connectivity index (χ1v) is 5.60. The van der Waals surface area contributed by atoms with Crippen molar-refractivity contribution in [2.45, 2.75) is 20.1 Å². The molecule has 0 saturated carbocycles. The number of aryl methyl sites for hydroxylation is 1. The third-order valence-electron chi connectivity index (χ3n) is 2.33. The fourth-order valence-corrected chi connectivity index (χ4v) is 1.50. The first-order chi connectivity index (χ1) is 8.19. The van der Waals surface area contributed by atoms with Crippen molar-refractivity contribution in [3.8, 4) is 5.75 Å². The highest BCUT2D eigenvalue weighted by molar-refractivity contribution is 6.31. The van der Waals surface area contributed by atoms with Gasteiger partial charge in [0.2, 0.25) is 0 Å². The average Bonchev–Trinajstić information content (AvgIpc) is 2.79. The third-order valence-corrected chi connectivity index (χ3v) is 2.75. The maximum atomic E-state index is 5.92. The SMILES string of the molecule is Cc1cc(OCc2cc(CN)no2)ccc1Cl. The van der Waals surface area contributed by atoms with Crippen LogP contribution >= 0.6 is 11.6 Å². The van der Waals surface area contributed by atoms with E-state index in [4.69, 9.17) is 26.6 Å². The van der Waals surface area contributed by atoms with Crippen molar-refractivity contribution in [2.75, 3.05) is 0 Å². The first-order valence-electron chi connectivity index (χ1n) is 5.22. The molecule has 0 bridgehead atoms. The van der Waals surface area contributed by atoms with E-state index >= 15 is 0 Å². The highest BCUT2D eigenvalue weighted by atomic mass is 35.5. The Bertz CT molecular complexity index is 511. The molecule has 0 atom stereocenters. The molecule has 1 aromatic heterocycles. The van der Waals surface area contributed by atoms with Gasteiger partial charge in [-0.05, 0) is 30.7 Å². The highest BCUT2D eigenvalue weighted by Gasteiger charge is 2.04. The number of aromatic nitrogens is 1. The summed E-state index contributed by atoms with van der Waals surface area (Å²) in [5.41, 5.74) is 7.12. The van der Waals surface area contributed by atoms with E-state index in [-0.39, 0.29) is 0 Å². The van der Waals surface area contributed by atoms with Crippen molar-refractivity contribution >= 4 is 11.6 Å². The molecule has 2 rings (SSSR count). The Hall–Kier alpha value is -1.52. The van der Waals surface area contributed by atoms with Crippen LogP contribution in [-0.2, 0) is 13.2 Å². The molecule has 5 heteroatoms. The number of rotatable bonds is 4. The number of nitrogens with zero attached hydrogens (tertiary/aromatic N) is 1. The summed E-state index contributed by atoms with van der Waals surface area (Å²) in [5.74, 6) is 1.40. The van der Waals surface area contributed by atoms with Gasteiger partial charge in [0, 0.05) is 17.6 Å². The van der Waals surface area contributed by atoms with Crippen LogP contribution in [0.5, 0.6) is 5.75 Å². The lowest BCUT2D eigenvalue weighted by atomic mass is 10.2. The minimum atomic E-state index is 0.327. The molecule has 0 aliphatic carbocycles. The number of ether oxygens (including phenoxy) is 1. The van der Waals surface area contributed by atoms with Crippen LogP contribution < -0.4 is 10.5 Å². The lowest BCUT2D eigenvalue weighted by Crippen LogP contribution is -1.96. The van der Waals surface area contributed by atoms with Crippen LogP contribution in [0.1, 0.15) is 17.0 Å². The third kappa shape index (κ3) is 2.99. The van der Waals surface area contributed by atoms with Crippen molar-refractivity contribution < 1.29 is 9.26 Å². The number of halogens is 1. The largest absolute Gasteiger partial charge is 0.486 e. The molecule has 1 heterocycles. The van der Waals surface area contributed by atoms with Crippen molar-refractivity contribution in [3.05, 3.63) is 46.3 Å². The van der Waals surface area contributed by atoms with Crippen LogP contribution in [0.2, 0.25) is 5.02 Å². The van der Waals surface area contributed by atoms with Crippen molar-refractivity contribution in [3.63, 3.8) is 0 Å². The average molecular weight is 253 g/mol. The molecule has 0 fully saturated rings. The van der Waals surface area contributed by atoms with Gasteiger partial charge in [-0.15, -0.1) is 0 Å². The van der Waals surface area contributed by atoms with Crippen LogP contribution in [0.15, 0.2) is 28.8 Å². The van der Waals surface area contributed by atoms with Gasteiger partial charge >= 0.3 is 0 Å². The van der Waals surface area contributed by atoms with Gasteiger partial charge in [0.15, 0.2) is 5.76 Å². The zero-order valence-electron chi connectivity index (χ0n) is 9.44. The molecular formula is C12H13ClN2O2. The van der Waals surface area contributed by atoms with Crippen LogP contribution in [0.4, 0.5) is 0 Å². The van der Waals surface area contributed by atoms with Crippen LogP contribution in [0.25, 0.3) is 0 Å². The molecule has 0 aliphatic rings. The Labute approximate surface area is 104 Å². The minimum absolute atomic E-state index is 0.327. The Balaban J connectivity index is 1.99. The van der Waals surface area contributed by atoms with Gasteiger partial charge in [0.05, 0.1) is 5.69 Å². The van der Waals surface area contributed by atoms with Crippen LogP contribution in [0, 0.1) is 6.92 Å². The highest BCUT2D eigenvalue weighted by Crippen LogP contribution is 2.21. The molecule has 0 amide bonds. The predicted octanol–water partition coefficient (Wildman–Crippen LogP) is 2.67. The topological polar surface area (TPSA) is 61.3 Å². The molecule has 2 N–H and O–H groups in total. The molecule has 90 valence electrons. The summed E-state index contributed by atoms with van der Waals surface area (Å²) in [4.78, 5) is 0. The smallest absolute Gasteiger partial charge is 0.174 e. The number of hydrogen-bond acceptors (Lipinski definition) is 4. The summed E-state index contributed by atoms with van der Waals surface area (Å²) in [6.07, 6.45) is 0. The number of benzene rings is 1. The van der Waals surface area contributed by atoms with Gasteiger partial charge in [0.25, 0.3) is 0 Å².